The first kappa shape index (κ1) is 13.0. The lowest BCUT2D eigenvalue weighted by molar-refractivity contribution is 0.0237. The molecule has 92 valence electrons. The molecule has 1 heterocycles. The molecule has 1 unspecified atom stereocenters. The molecule has 4 nitrogen and oxygen atoms in total. The molecule has 0 saturated carbocycles. The largest absolute Gasteiger partial charge is 0.493 e. The first-order valence-corrected chi connectivity index (χ1v) is 5.75. The summed E-state index contributed by atoms with van der Waals surface area (Å²) in [5, 5.41) is 14.7. The highest BCUT2D eigenvalue weighted by Gasteiger charge is 2.31. The minimum absolute atomic E-state index is 0.417. The smallest absolute Gasteiger partial charge is 0.162 e. The summed E-state index contributed by atoms with van der Waals surface area (Å²) in [7, 11) is 1.60. The van der Waals surface area contributed by atoms with E-state index in [1.54, 1.807) is 18.0 Å². The van der Waals surface area contributed by atoms with Gasteiger partial charge in [0.1, 0.15) is 11.3 Å². The highest BCUT2D eigenvalue weighted by atomic mass is 16.5. The van der Waals surface area contributed by atoms with Crippen molar-refractivity contribution in [2.75, 3.05) is 7.11 Å². The van der Waals surface area contributed by atoms with Crippen LogP contribution in [0.2, 0.25) is 0 Å². The monoisotopic (exact) mass is 226 g/mol. The summed E-state index contributed by atoms with van der Waals surface area (Å²) in [6.07, 6.45) is 2.35. The maximum Gasteiger partial charge on any atom is 0.162 e. The van der Waals surface area contributed by atoms with Crippen LogP contribution in [0.25, 0.3) is 0 Å². The molecule has 1 N–H and O–H groups in total. The molecule has 0 saturated heterocycles. The van der Waals surface area contributed by atoms with E-state index in [-0.39, 0.29) is 0 Å². The van der Waals surface area contributed by atoms with Crippen molar-refractivity contribution in [1.29, 1.82) is 0 Å². The van der Waals surface area contributed by atoms with Crippen LogP contribution in [0, 0.1) is 5.92 Å². The van der Waals surface area contributed by atoms with Crippen molar-refractivity contribution in [2.24, 2.45) is 5.92 Å². The molecule has 16 heavy (non-hydrogen) atoms. The summed E-state index contributed by atoms with van der Waals surface area (Å²) >= 11 is 0. The average molecular weight is 226 g/mol. The molecule has 0 fully saturated rings. The van der Waals surface area contributed by atoms with Gasteiger partial charge in [-0.3, -0.25) is 4.68 Å². The van der Waals surface area contributed by atoms with Crippen molar-refractivity contribution >= 4 is 0 Å². The lowest BCUT2D eigenvalue weighted by Gasteiger charge is -2.26. The Balaban J connectivity index is 3.12. The summed E-state index contributed by atoms with van der Waals surface area (Å²) in [6, 6.07) is 0. The predicted octanol–water partition coefficient (Wildman–Crippen LogP) is 2.17. The molecule has 0 aliphatic heterocycles. The van der Waals surface area contributed by atoms with Crippen LogP contribution in [0.15, 0.2) is 6.20 Å². The maximum atomic E-state index is 10.5. The van der Waals surface area contributed by atoms with Gasteiger partial charge in [0.05, 0.1) is 13.3 Å². The number of nitrogens with zero attached hydrogens (tertiary/aromatic N) is 2. The summed E-state index contributed by atoms with van der Waals surface area (Å²) < 4.78 is 7.05. The quantitative estimate of drug-likeness (QED) is 0.837. The lowest BCUT2D eigenvalue weighted by Crippen LogP contribution is -2.27. The summed E-state index contributed by atoms with van der Waals surface area (Å²) in [4.78, 5) is 0. The Hall–Kier alpha value is -1.03. The highest BCUT2D eigenvalue weighted by Crippen LogP contribution is 2.34. The first-order chi connectivity index (χ1) is 7.42. The lowest BCUT2D eigenvalue weighted by atomic mass is 9.90. The van der Waals surface area contributed by atoms with Gasteiger partial charge in [-0.15, -0.1) is 0 Å². The van der Waals surface area contributed by atoms with Gasteiger partial charge in [0.25, 0.3) is 0 Å². The van der Waals surface area contributed by atoms with Crippen molar-refractivity contribution in [1.82, 2.24) is 9.78 Å². The second-order valence-electron chi connectivity index (χ2n) is 4.75. The Bertz CT molecular complexity index is 321. The predicted molar refractivity (Wildman–Crippen MR) is 63.5 cm³/mol. The van der Waals surface area contributed by atoms with Gasteiger partial charge in [-0.1, -0.05) is 13.8 Å². The van der Waals surface area contributed by atoms with Crippen LogP contribution in [0.1, 0.15) is 39.8 Å². The minimum Gasteiger partial charge on any atom is -0.493 e. The Morgan fingerprint density at radius 1 is 1.56 bits per heavy atom. The number of ether oxygens (including phenoxy) is 1. The Kier molecular flexibility index (Phi) is 3.97. The van der Waals surface area contributed by atoms with Crippen LogP contribution in [0.5, 0.6) is 5.75 Å². The van der Waals surface area contributed by atoms with Gasteiger partial charge >= 0.3 is 0 Å². The number of aromatic nitrogens is 2. The van der Waals surface area contributed by atoms with Gasteiger partial charge in [-0.2, -0.15) is 5.10 Å². The molecule has 0 radical (unpaired) electrons. The second kappa shape index (κ2) is 4.87. The molecule has 1 aromatic heterocycles. The molecular weight excluding hydrogens is 204 g/mol. The first-order valence-electron chi connectivity index (χ1n) is 5.75. The summed E-state index contributed by atoms with van der Waals surface area (Å²) in [5.41, 5.74) is -0.127. The Morgan fingerprint density at radius 3 is 2.62 bits per heavy atom. The van der Waals surface area contributed by atoms with Gasteiger partial charge in [-0.05, 0) is 26.2 Å². The molecule has 0 aliphatic carbocycles. The van der Waals surface area contributed by atoms with Crippen molar-refractivity contribution < 1.29 is 9.84 Å². The SMILES string of the molecule is CCn1ncc(OC)c1C(C)(O)CC(C)C. The van der Waals surface area contributed by atoms with E-state index in [2.05, 4.69) is 18.9 Å². The van der Waals surface area contributed by atoms with E-state index >= 15 is 0 Å². The van der Waals surface area contributed by atoms with E-state index < -0.39 is 5.60 Å². The molecule has 1 aromatic rings. The number of aliphatic hydroxyl groups is 1. The molecule has 1 rings (SSSR count). The van der Waals surface area contributed by atoms with E-state index in [0.717, 1.165) is 12.2 Å². The van der Waals surface area contributed by atoms with Gasteiger partial charge < -0.3 is 9.84 Å². The topological polar surface area (TPSA) is 47.3 Å². The number of aryl methyl sites for hydroxylation is 1. The van der Waals surface area contributed by atoms with E-state index in [1.807, 2.05) is 13.8 Å². The third kappa shape index (κ3) is 2.55. The van der Waals surface area contributed by atoms with Gasteiger partial charge in [0, 0.05) is 6.54 Å². The van der Waals surface area contributed by atoms with Crippen LogP contribution >= 0.6 is 0 Å². The molecular formula is C12H22N2O2. The minimum atomic E-state index is -0.897. The summed E-state index contributed by atoms with van der Waals surface area (Å²) in [5.74, 6) is 1.08. The van der Waals surface area contributed by atoms with Crippen molar-refractivity contribution in [3.8, 4) is 5.75 Å². The van der Waals surface area contributed by atoms with E-state index in [1.165, 1.54) is 0 Å². The van der Waals surface area contributed by atoms with Crippen molar-refractivity contribution in [3.05, 3.63) is 11.9 Å². The van der Waals surface area contributed by atoms with Crippen LogP contribution in [-0.4, -0.2) is 22.0 Å². The fraction of sp³-hybridized carbons (Fsp3) is 0.750. The number of hydrogen-bond acceptors (Lipinski definition) is 3. The standard InChI is InChI=1S/C12H22N2O2/c1-6-14-11(10(16-5)8-13-14)12(4,15)7-9(2)3/h8-9,15H,6-7H2,1-5H3. The zero-order valence-electron chi connectivity index (χ0n) is 10.8. The number of hydrogen-bond donors (Lipinski definition) is 1. The molecule has 0 amide bonds. The molecule has 4 heteroatoms. The Morgan fingerprint density at radius 2 is 2.19 bits per heavy atom. The van der Waals surface area contributed by atoms with Crippen molar-refractivity contribution in [3.63, 3.8) is 0 Å². The summed E-state index contributed by atoms with van der Waals surface area (Å²) in [6.45, 7) is 8.73. The van der Waals surface area contributed by atoms with Crippen LogP contribution in [-0.2, 0) is 12.1 Å². The Labute approximate surface area is 97.2 Å². The molecule has 0 aromatic carbocycles. The van der Waals surface area contributed by atoms with Gasteiger partial charge in [0.15, 0.2) is 5.75 Å². The van der Waals surface area contributed by atoms with E-state index in [4.69, 9.17) is 4.74 Å². The zero-order chi connectivity index (χ0) is 12.3. The molecule has 0 spiro atoms. The molecule has 0 aliphatic rings. The zero-order valence-corrected chi connectivity index (χ0v) is 10.8. The van der Waals surface area contributed by atoms with Crippen LogP contribution in [0.4, 0.5) is 0 Å². The fourth-order valence-corrected chi connectivity index (χ4v) is 2.19. The van der Waals surface area contributed by atoms with E-state index in [0.29, 0.717) is 18.1 Å². The number of methoxy groups -OCH3 is 1. The normalized spacial score (nSPS) is 15.2. The third-order valence-electron chi connectivity index (χ3n) is 2.64. The maximum absolute atomic E-state index is 10.5. The van der Waals surface area contributed by atoms with Crippen molar-refractivity contribution in [2.45, 2.75) is 46.3 Å². The highest BCUT2D eigenvalue weighted by molar-refractivity contribution is 5.30. The van der Waals surface area contributed by atoms with Crippen LogP contribution < -0.4 is 4.74 Å². The van der Waals surface area contributed by atoms with E-state index in [9.17, 15) is 5.11 Å². The number of rotatable bonds is 5. The van der Waals surface area contributed by atoms with Crippen LogP contribution in [0.3, 0.4) is 0 Å². The molecule has 0 bridgehead atoms. The third-order valence-corrected chi connectivity index (χ3v) is 2.64. The second-order valence-corrected chi connectivity index (χ2v) is 4.75. The average Bonchev–Trinajstić information content (AvgIpc) is 2.58. The molecule has 1 atom stereocenters. The van der Waals surface area contributed by atoms with Gasteiger partial charge in [-0.25, -0.2) is 0 Å². The fourth-order valence-electron chi connectivity index (χ4n) is 2.19. The van der Waals surface area contributed by atoms with Gasteiger partial charge in [0.2, 0.25) is 0 Å².